The maximum absolute atomic E-state index is 5.48. The number of fused-ring (bicyclic) bond motifs is 2. The molecule has 0 unspecified atom stereocenters. The van der Waals surface area contributed by atoms with Gasteiger partial charge < -0.3 is 15.0 Å². The Morgan fingerprint density at radius 1 is 1.17 bits per heavy atom. The van der Waals surface area contributed by atoms with Gasteiger partial charge in [0.2, 0.25) is 0 Å². The molecule has 1 N–H and O–H groups in total. The molecule has 1 saturated heterocycles. The number of aromatic nitrogens is 5. The first-order chi connectivity index (χ1) is 11.9. The minimum absolute atomic E-state index is 0.456. The van der Waals surface area contributed by atoms with E-state index in [-0.39, 0.29) is 0 Å². The molecule has 2 aliphatic heterocycles. The number of rotatable bonds is 2. The molecule has 24 heavy (non-hydrogen) atoms. The Morgan fingerprint density at radius 3 is 3.00 bits per heavy atom. The lowest BCUT2D eigenvalue weighted by Gasteiger charge is -2.31. The normalized spacial score (nSPS) is 17.9. The van der Waals surface area contributed by atoms with Crippen molar-refractivity contribution in [2.24, 2.45) is 0 Å². The van der Waals surface area contributed by atoms with Crippen LogP contribution in [0, 0.1) is 0 Å². The molecule has 122 valence electrons. The van der Waals surface area contributed by atoms with Crippen molar-refractivity contribution in [2.75, 3.05) is 30.1 Å². The van der Waals surface area contributed by atoms with Gasteiger partial charge in [-0.15, -0.1) is 0 Å². The highest BCUT2D eigenvalue weighted by Crippen LogP contribution is 2.34. The standard InChI is InChI=1S/C16H17N7O/c1-4-17-15-12(8-20-23(15)5-1)14-18-9-13-16(21-14)22(10-19-13)11-2-6-24-7-3-11/h1,4-5,8-9,11,19H,2-3,6-7,10H2. The molecule has 8 nitrogen and oxygen atoms in total. The van der Waals surface area contributed by atoms with Crippen LogP contribution in [0.3, 0.4) is 0 Å². The van der Waals surface area contributed by atoms with Crippen LogP contribution >= 0.6 is 0 Å². The fourth-order valence-electron chi connectivity index (χ4n) is 3.38. The van der Waals surface area contributed by atoms with Gasteiger partial charge in [0.05, 0.1) is 30.3 Å². The Balaban J connectivity index is 1.55. The molecular weight excluding hydrogens is 306 g/mol. The van der Waals surface area contributed by atoms with E-state index in [9.17, 15) is 0 Å². The summed E-state index contributed by atoms with van der Waals surface area (Å²) in [6, 6.07) is 2.31. The lowest BCUT2D eigenvalue weighted by atomic mass is 10.1. The smallest absolute Gasteiger partial charge is 0.167 e. The molecule has 0 bridgehead atoms. The van der Waals surface area contributed by atoms with Gasteiger partial charge in [-0.2, -0.15) is 5.10 Å². The van der Waals surface area contributed by atoms with Gasteiger partial charge in [-0.05, 0) is 18.9 Å². The Morgan fingerprint density at radius 2 is 2.08 bits per heavy atom. The molecule has 5 heterocycles. The maximum atomic E-state index is 5.48. The van der Waals surface area contributed by atoms with E-state index in [1.165, 1.54) is 0 Å². The van der Waals surface area contributed by atoms with Crippen molar-refractivity contribution in [3.63, 3.8) is 0 Å². The molecule has 1 fully saturated rings. The SMILES string of the molecule is c1cnc2c(-c3ncc4c(n3)N(C3CCOCC3)CN4)cnn2c1. The lowest BCUT2D eigenvalue weighted by Crippen LogP contribution is -2.39. The predicted molar refractivity (Wildman–Crippen MR) is 88.8 cm³/mol. The Kier molecular flexibility index (Phi) is 3.08. The molecular formula is C16H17N7O. The second kappa shape index (κ2) is 5.41. The summed E-state index contributed by atoms with van der Waals surface area (Å²) in [6.45, 7) is 2.39. The summed E-state index contributed by atoms with van der Waals surface area (Å²) < 4.78 is 7.22. The second-order valence-corrected chi connectivity index (χ2v) is 6.03. The highest BCUT2D eigenvalue weighted by molar-refractivity contribution is 5.77. The van der Waals surface area contributed by atoms with Crippen LogP contribution < -0.4 is 10.2 Å². The largest absolute Gasteiger partial charge is 0.381 e. The van der Waals surface area contributed by atoms with E-state index < -0.39 is 0 Å². The van der Waals surface area contributed by atoms with Gasteiger partial charge in [0.15, 0.2) is 17.3 Å². The molecule has 2 aliphatic rings. The quantitative estimate of drug-likeness (QED) is 0.766. The van der Waals surface area contributed by atoms with E-state index in [4.69, 9.17) is 9.72 Å². The van der Waals surface area contributed by atoms with Gasteiger partial charge in [-0.3, -0.25) is 0 Å². The van der Waals surface area contributed by atoms with Crippen LogP contribution in [0.1, 0.15) is 12.8 Å². The Hall–Kier alpha value is -2.74. The van der Waals surface area contributed by atoms with Crippen molar-refractivity contribution >= 4 is 17.2 Å². The van der Waals surface area contributed by atoms with Crippen molar-refractivity contribution in [1.82, 2.24) is 24.6 Å². The van der Waals surface area contributed by atoms with Crippen molar-refractivity contribution < 1.29 is 4.74 Å². The third-order valence-electron chi connectivity index (χ3n) is 4.63. The lowest BCUT2D eigenvalue weighted by molar-refractivity contribution is 0.0849. The average molecular weight is 323 g/mol. The van der Waals surface area contributed by atoms with Crippen molar-refractivity contribution in [3.8, 4) is 11.4 Å². The van der Waals surface area contributed by atoms with Crippen LogP contribution in [-0.4, -0.2) is 50.5 Å². The fraction of sp³-hybridized carbons (Fsp3) is 0.375. The van der Waals surface area contributed by atoms with Crippen molar-refractivity contribution in [1.29, 1.82) is 0 Å². The van der Waals surface area contributed by atoms with Crippen LogP contribution in [0.4, 0.5) is 11.5 Å². The van der Waals surface area contributed by atoms with Gasteiger partial charge in [0, 0.05) is 31.6 Å². The molecule has 0 atom stereocenters. The van der Waals surface area contributed by atoms with Gasteiger partial charge in [0.25, 0.3) is 0 Å². The molecule has 3 aromatic rings. The zero-order chi connectivity index (χ0) is 15.9. The monoisotopic (exact) mass is 323 g/mol. The van der Waals surface area contributed by atoms with Crippen LogP contribution in [0.25, 0.3) is 17.0 Å². The number of nitrogens with one attached hydrogen (secondary N) is 1. The summed E-state index contributed by atoms with van der Waals surface area (Å²) in [5.74, 6) is 1.62. The minimum atomic E-state index is 0.456. The average Bonchev–Trinajstić information content (AvgIpc) is 3.26. The van der Waals surface area contributed by atoms with Gasteiger partial charge in [-0.25, -0.2) is 19.5 Å². The number of hydrogen-bond acceptors (Lipinski definition) is 7. The first-order valence-electron chi connectivity index (χ1n) is 8.14. The number of hydrogen-bond donors (Lipinski definition) is 1. The zero-order valence-electron chi connectivity index (χ0n) is 13.1. The number of anilines is 2. The summed E-state index contributed by atoms with van der Waals surface area (Å²) in [5.41, 5.74) is 2.59. The van der Waals surface area contributed by atoms with Gasteiger partial charge >= 0.3 is 0 Å². The molecule has 0 amide bonds. The first-order valence-corrected chi connectivity index (χ1v) is 8.14. The third kappa shape index (κ3) is 2.10. The van der Waals surface area contributed by atoms with Gasteiger partial charge in [0.1, 0.15) is 0 Å². The van der Waals surface area contributed by atoms with E-state index >= 15 is 0 Å². The van der Waals surface area contributed by atoms with Crippen molar-refractivity contribution in [3.05, 3.63) is 30.9 Å². The fourth-order valence-corrected chi connectivity index (χ4v) is 3.38. The van der Waals surface area contributed by atoms with Crippen LogP contribution in [0.15, 0.2) is 30.9 Å². The van der Waals surface area contributed by atoms with E-state index in [0.29, 0.717) is 11.9 Å². The van der Waals surface area contributed by atoms with Gasteiger partial charge in [-0.1, -0.05) is 0 Å². The first kappa shape index (κ1) is 13.7. The van der Waals surface area contributed by atoms with E-state index in [0.717, 1.165) is 55.4 Å². The number of ether oxygens (including phenoxy) is 1. The topological polar surface area (TPSA) is 80.5 Å². The Labute approximate surface area is 138 Å². The van der Waals surface area contributed by atoms with E-state index in [1.54, 1.807) is 16.9 Å². The van der Waals surface area contributed by atoms with Crippen LogP contribution in [0.2, 0.25) is 0 Å². The summed E-state index contributed by atoms with van der Waals surface area (Å²) >= 11 is 0. The molecule has 0 spiro atoms. The molecule has 5 rings (SSSR count). The summed E-state index contributed by atoms with van der Waals surface area (Å²) in [7, 11) is 0. The third-order valence-corrected chi connectivity index (χ3v) is 4.63. The Bertz CT molecular complexity index is 887. The van der Waals surface area contributed by atoms with E-state index in [1.807, 2.05) is 18.5 Å². The molecule has 8 heteroatoms. The highest BCUT2D eigenvalue weighted by Gasteiger charge is 2.29. The second-order valence-electron chi connectivity index (χ2n) is 6.03. The summed E-state index contributed by atoms with van der Waals surface area (Å²) in [5, 5.41) is 7.71. The highest BCUT2D eigenvalue weighted by atomic mass is 16.5. The summed E-state index contributed by atoms with van der Waals surface area (Å²) in [4.78, 5) is 16.0. The molecule has 0 radical (unpaired) electrons. The number of nitrogens with zero attached hydrogens (tertiary/aromatic N) is 6. The van der Waals surface area contributed by atoms with Crippen molar-refractivity contribution in [2.45, 2.75) is 18.9 Å². The molecule has 0 saturated carbocycles. The molecule has 0 aromatic carbocycles. The molecule has 3 aromatic heterocycles. The predicted octanol–water partition coefficient (Wildman–Crippen LogP) is 1.55. The minimum Gasteiger partial charge on any atom is -0.381 e. The maximum Gasteiger partial charge on any atom is 0.167 e. The summed E-state index contributed by atoms with van der Waals surface area (Å²) in [6.07, 6.45) is 9.30. The van der Waals surface area contributed by atoms with Crippen LogP contribution in [-0.2, 0) is 4.74 Å². The van der Waals surface area contributed by atoms with E-state index in [2.05, 4.69) is 25.3 Å². The van der Waals surface area contributed by atoms with Crippen LogP contribution in [0.5, 0.6) is 0 Å². The molecule has 0 aliphatic carbocycles. The zero-order valence-corrected chi connectivity index (χ0v) is 13.1.